The average molecular weight is 461 g/mol. The van der Waals surface area contributed by atoms with Gasteiger partial charge in [0.25, 0.3) is 5.91 Å². The minimum absolute atomic E-state index is 0.307. The first-order valence-electron chi connectivity index (χ1n) is 5.47. The molecule has 100 valence electrons. The summed E-state index contributed by atoms with van der Waals surface area (Å²) in [6.45, 7) is 0. The molecule has 0 fully saturated rings. The van der Waals surface area contributed by atoms with Gasteiger partial charge in [-0.05, 0) is 59.0 Å². The number of nitrogens with one attached hydrogen (secondary N) is 1. The smallest absolute Gasteiger partial charge is 0.255 e. The molecule has 6 heteroatoms. The summed E-state index contributed by atoms with van der Waals surface area (Å²) in [7, 11) is 0. The van der Waals surface area contributed by atoms with Gasteiger partial charge in [-0.2, -0.15) is 5.26 Å². The van der Waals surface area contributed by atoms with Gasteiger partial charge in [-0.15, -0.1) is 0 Å². The Morgan fingerprint density at radius 1 is 1.30 bits per heavy atom. The maximum Gasteiger partial charge on any atom is 0.255 e. The SMILES string of the molecule is N#Cc1ccc(Br)cc1NC(=O)c1ccc(I)c(Cl)c1. The van der Waals surface area contributed by atoms with E-state index in [1.54, 1.807) is 36.4 Å². The number of nitriles is 1. The van der Waals surface area contributed by atoms with Crippen LogP contribution >= 0.6 is 50.1 Å². The summed E-state index contributed by atoms with van der Waals surface area (Å²) >= 11 is 11.4. The Hall–Kier alpha value is -1.10. The molecule has 0 spiro atoms. The molecule has 1 amide bonds. The largest absolute Gasteiger partial charge is 0.321 e. The van der Waals surface area contributed by atoms with Crippen LogP contribution in [0.25, 0.3) is 0 Å². The van der Waals surface area contributed by atoms with Crippen LogP contribution in [0.1, 0.15) is 15.9 Å². The summed E-state index contributed by atoms with van der Waals surface area (Å²) in [5.41, 5.74) is 1.30. The number of nitrogens with zero attached hydrogens (tertiary/aromatic N) is 1. The molecular weight excluding hydrogens is 454 g/mol. The number of halogens is 3. The lowest BCUT2D eigenvalue weighted by Gasteiger charge is -2.08. The first kappa shape index (κ1) is 15.3. The minimum Gasteiger partial charge on any atom is -0.321 e. The van der Waals surface area contributed by atoms with Crippen LogP contribution in [0.3, 0.4) is 0 Å². The predicted octanol–water partition coefficient (Wildman–Crippen LogP) is 4.83. The highest BCUT2D eigenvalue weighted by molar-refractivity contribution is 14.1. The van der Waals surface area contributed by atoms with Crippen molar-refractivity contribution in [3.8, 4) is 6.07 Å². The first-order chi connectivity index (χ1) is 9.51. The summed E-state index contributed by atoms with van der Waals surface area (Å²) in [5.74, 6) is -0.307. The van der Waals surface area contributed by atoms with Crippen molar-refractivity contribution in [1.29, 1.82) is 5.26 Å². The molecule has 20 heavy (non-hydrogen) atoms. The van der Waals surface area contributed by atoms with E-state index in [0.717, 1.165) is 8.04 Å². The van der Waals surface area contributed by atoms with Gasteiger partial charge in [0.1, 0.15) is 6.07 Å². The molecule has 0 aliphatic heterocycles. The van der Waals surface area contributed by atoms with E-state index in [1.165, 1.54) is 0 Å². The van der Waals surface area contributed by atoms with Crippen molar-refractivity contribution in [2.24, 2.45) is 0 Å². The molecule has 0 aliphatic carbocycles. The third kappa shape index (κ3) is 3.51. The van der Waals surface area contributed by atoms with Crippen molar-refractivity contribution in [2.45, 2.75) is 0 Å². The highest BCUT2D eigenvalue weighted by Crippen LogP contribution is 2.23. The second-order valence-electron chi connectivity index (χ2n) is 3.88. The van der Waals surface area contributed by atoms with Gasteiger partial charge in [0.15, 0.2) is 0 Å². The van der Waals surface area contributed by atoms with Crippen molar-refractivity contribution in [3.05, 3.63) is 60.6 Å². The van der Waals surface area contributed by atoms with Gasteiger partial charge in [-0.1, -0.05) is 27.5 Å². The minimum atomic E-state index is -0.307. The van der Waals surface area contributed by atoms with Gasteiger partial charge in [-0.25, -0.2) is 0 Å². The first-order valence-corrected chi connectivity index (χ1v) is 7.72. The van der Waals surface area contributed by atoms with Crippen LogP contribution in [0.15, 0.2) is 40.9 Å². The van der Waals surface area contributed by atoms with Crippen LogP contribution < -0.4 is 5.32 Å². The molecule has 3 nitrogen and oxygen atoms in total. The Morgan fingerprint density at radius 2 is 2.05 bits per heavy atom. The number of benzene rings is 2. The van der Waals surface area contributed by atoms with E-state index in [2.05, 4.69) is 43.8 Å². The monoisotopic (exact) mass is 460 g/mol. The van der Waals surface area contributed by atoms with E-state index in [9.17, 15) is 4.79 Å². The van der Waals surface area contributed by atoms with Gasteiger partial charge in [0.05, 0.1) is 16.3 Å². The molecule has 0 aromatic heterocycles. The standard InChI is InChI=1S/C14H7BrClIN2O/c15-10-3-1-9(7-18)13(6-10)19-14(20)8-2-4-12(17)11(16)5-8/h1-6H,(H,19,20). The Balaban J connectivity index is 2.30. The summed E-state index contributed by atoms with van der Waals surface area (Å²) in [6, 6.07) is 12.2. The molecule has 0 radical (unpaired) electrons. The maximum absolute atomic E-state index is 12.2. The molecule has 0 aliphatic rings. The second kappa shape index (κ2) is 6.57. The average Bonchev–Trinajstić information content (AvgIpc) is 2.42. The van der Waals surface area contributed by atoms with Gasteiger partial charge in [0.2, 0.25) is 0 Å². The lowest BCUT2D eigenvalue weighted by atomic mass is 10.1. The third-order valence-corrected chi connectivity index (χ3v) is 4.60. The number of carbonyl (C=O) groups excluding carboxylic acids is 1. The fourth-order valence-electron chi connectivity index (χ4n) is 1.55. The quantitative estimate of drug-likeness (QED) is 0.652. The lowest BCUT2D eigenvalue weighted by molar-refractivity contribution is 0.102. The zero-order valence-corrected chi connectivity index (χ0v) is 14.5. The van der Waals surface area contributed by atoms with Crippen molar-refractivity contribution in [1.82, 2.24) is 0 Å². The fraction of sp³-hybridized carbons (Fsp3) is 0. The van der Waals surface area contributed by atoms with Crippen molar-refractivity contribution >= 4 is 61.7 Å². The van der Waals surface area contributed by atoms with E-state index >= 15 is 0 Å². The van der Waals surface area contributed by atoms with Gasteiger partial charge < -0.3 is 5.32 Å². The normalized spacial score (nSPS) is 9.90. The highest BCUT2D eigenvalue weighted by Gasteiger charge is 2.11. The molecule has 2 aromatic carbocycles. The Kier molecular flexibility index (Phi) is 5.02. The number of carbonyl (C=O) groups is 1. The van der Waals surface area contributed by atoms with Crippen molar-refractivity contribution in [2.75, 3.05) is 5.32 Å². The topological polar surface area (TPSA) is 52.9 Å². The van der Waals surface area contributed by atoms with E-state index in [-0.39, 0.29) is 5.91 Å². The number of anilines is 1. The van der Waals surface area contributed by atoms with Gasteiger partial charge in [-0.3, -0.25) is 4.79 Å². The second-order valence-corrected chi connectivity index (χ2v) is 6.37. The molecule has 0 saturated heterocycles. The fourth-order valence-corrected chi connectivity index (χ4v) is 2.43. The van der Waals surface area contributed by atoms with Gasteiger partial charge in [0, 0.05) is 13.6 Å². The van der Waals surface area contributed by atoms with Crippen LogP contribution in [-0.2, 0) is 0 Å². The zero-order valence-electron chi connectivity index (χ0n) is 9.95. The summed E-state index contributed by atoms with van der Waals surface area (Å²) in [6.07, 6.45) is 0. The van der Waals surface area contributed by atoms with Gasteiger partial charge >= 0.3 is 0 Å². The zero-order chi connectivity index (χ0) is 14.7. The van der Waals surface area contributed by atoms with Crippen molar-refractivity contribution < 1.29 is 4.79 Å². The number of rotatable bonds is 2. The molecule has 0 bridgehead atoms. The number of hydrogen-bond acceptors (Lipinski definition) is 2. The maximum atomic E-state index is 12.2. The van der Waals surface area contributed by atoms with E-state index in [1.807, 2.05) is 6.07 Å². The van der Waals surface area contributed by atoms with E-state index < -0.39 is 0 Å². The van der Waals surface area contributed by atoms with Crippen molar-refractivity contribution in [3.63, 3.8) is 0 Å². The van der Waals surface area contributed by atoms with Crippen LogP contribution in [0.2, 0.25) is 5.02 Å². The Morgan fingerprint density at radius 3 is 2.70 bits per heavy atom. The van der Waals surface area contributed by atoms with E-state index in [0.29, 0.717) is 21.8 Å². The Labute approximate surface area is 143 Å². The predicted molar refractivity (Wildman–Crippen MR) is 91.0 cm³/mol. The molecule has 2 aromatic rings. The summed E-state index contributed by atoms with van der Waals surface area (Å²) in [5, 5.41) is 12.3. The number of hydrogen-bond donors (Lipinski definition) is 1. The molecule has 1 N–H and O–H groups in total. The van der Waals surface area contributed by atoms with Crippen LogP contribution in [0.4, 0.5) is 5.69 Å². The number of amides is 1. The highest BCUT2D eigenvalue weighted by atomic mass is 127. The molecular formula is C14H7BrClIN2O. The lowest BCUT2D eigenvalue weighted by Crippen LogP contribution is -2.13. The van der Waals surface area contributed by atoms with Crippen LogP contribution in [-0.4, -0.2) is 5.91 Å². The summed E-state index contributed by atoms with van der Waals surface area (Å²) < 4.78 is 1.66. The molecule has 0 unspecified atom stereocenters. The molecule has 0 heterocycles. The Bertz CT molecular complexity index is 728. The van der Waals surface area contributed by atoms with E-state index in [4.69, 9.17) is 16.9 Å². The third-order valence-electron chi connectivity index (χ3n) is 2.53. The van der Waals surface area contributed by atoms with Crippen LogP contribution in [0.5, 0.6) is 0 Å². The summed E-state index contributed by atoms with van der Waals surface area (Å²) in [4.78, 5) is 12.2. The molecule has 0 atom stereocenters. The molecule has 0 saturated carbocycles. The molecule has 2 rings (SSSR count). The van der Waals surface area contributed by atoms with Crippen LogP contribution in [0, 0.1) is 14.9 Å².